The largest absolute Gasteiger partial charge is 0.443 e. The summed E-state index contributed by atoms with van der Waals surface area (Å²) >= 11 is 5.77. The Morgan fingerprint density at radius 3 is 2.45 bits per heavy atom. The summed E-state index contributed by atoms with van der Waals surface area (Å²) in [6.45, 7) is 6.84. The van der Waals surface area contributed by atoms with Gasteiger partial charge in [-0.2, -0.15) is 0 Å². The van der Waals surface area contributed by atoms with Crippen LogP contribution < -0.4 is 21.4 Å². The van der Waals surface area contributed by atoms with E-state index in [1.807, 2.05) is 93.6 Å². The number of ether oxygens (including phenoxy) is 3. The van der Waals surface area contributed by atoms with E-state index in [0.29, 0.717) is 31.9 Å². The second-order valence-corrected chi connectivity index (χ2v) is 14.9. The Balaban J connectivity index is 1.35. The van der Waals surface area contributed by atoms with Crippen molar-refractivity contribution in [2.24, 2.45) is 11.3 Å². The van der Waals surface area contributed by atoms with Crippen LogP contribution in [0.1, 0.15) is 44.7 Å². The first kappa shape index (κ1) is 39.9. The van der Waals surface area contributed by atoms with Crippen LogP contribution in [0.4, 0.5) is 9.59 Å². The van der Waals surface area contributed by atoms with E-state index in [2.05, 4.69) is 26.4 Å². The van der Waals surface area contributed by atoms with Gasteiger partial charge in [0.15, 0.2) is 6.29 Å². The van der Waals surface area contributed by atoms with Crippen molar-refractivity contribution in [1.82, 2.24) is 31.4 Å². The maximum atomic E-state index is 14.0. The lowest BCUT2D eigenvalue weighted by Gasteiger charge is -2.35. The fraction of sp³-hybridized carbons (Fsp3) is 0.487. The smallest absolute Gasteiger partial charge is 0.407 e. The van der Waals surface area contributed by atoms with E-state index in [9.17, 15) is 19.5 Å². The number of nitrogens with one attached hydrogen (secondary N) is 4. The van der Waals surface area contributed by atoms with Gasteiger partial charge >= 0.3 is 12.1 Å². The minimum Gasteiger partial charge on any atom is -0.443 e. The van der Waals surface area contributed by atoms with Crippen molar-refractivity contribution in [1.29, 1.82) is 0 Å². The minimum atomic E-state index is -1.17. The third-order valence-corrected chi connectivity index (χ3v) is 9.54. The molecule has 1 aromatic heterocycles. The van der Waals surface area contributed by atoms with E-state index >= 15 is 0 Å². The third-order valence-electron chi connectivity index (χ3n) is 9.27. The zero-order chi connectivity index (χ0) is 37.8. The lowest BCUT2D eigenvalue weighted by molar-refractivity contribution is -0.131. The number of hydrazine groups is 1. The van der Waals surface area contributed by atoms with Crippen molar-refractivity contribution in [3.63, 3.8) is 0 Å². The van der Waals surface area contributed by atoms with Crippen molar-refractivity contribution >= 4 is 29.6 Å². The molecule has 2 fully saturated rings. The molecule has 5 N–H and O–H groups in total. The van der Waals surface area contributed by atoms with Gasteiger partial charge < -0.3 is 35.3 Å². The highest BCUT2D eigenvalue weighted by molar-refractivity contribution is 6.17. The summed E-state index contributed by atoms with van der Waals surface area (Å²) in [7, 11) is 0. The number of hydrogen-bond donors (Lipinski definition) is 5. The number of aliphatic hydroxyl groups excluding tert-OH is 1. The van der Waals surface area contributed by atoms with Gasteiger partial charge in [-0.1, -0.05) is 81.4 Å². The van der Waals surface area contributed by atoms with Crippen LogP contribution in [0.25, 0.3) is 11.3 Å². The van der Waals surface area contributed by atoms with E-state index in [1.165, 1.54) is 0 Å². The fourth-order valence-corrected chi connectivity index (χ4v) is 6.54. The summed E-state index contributed by atoms with van der Waals surface area (Å²) in [5, 5.41) is 21.9. The number of carbonyl (C=O) groups excluding carboxylic acids is 3. The maximum Gasteiger partial charge on any atom is 0.407 e. The van der Waals surface area contributed by atoms with E-state index in [1.54, 1.807) is 11.2 Å². The molecular formula is C39H51ClN6O7. The number of alkyl carbamates (subject to hydrolysis) is 1. The first-order valence-electron chi connectivity index (χ1n) is 18.1. The lowest BCUT2D eigenvalue weighted by Crippen LogP contribution is -2.60. The van der Waals surface area contributed by atoms with Crippen LogP contribution in [0.3, 0.4) is 0 Å². The molecule has 2 aromatic carbocycles. The highest BCUT2D eigenvalue weighted by Gasteiger charge is 2.44. The van der Waals surface area contributed by atoms with Crippen LogP contribution in [-0.2, 0) is 32.0 Å². The number of pyridine rings is 1. The molecule has 2 aliphatic heterocycles. The van der Waals surface area contributed by atoms with Crippen LogP contribution in [0.2, 0.25) is 0 Å². The number of benzene rings is 2. The highest BCUT2D eigenvalue weighted by atomic mass is 35.5. The predicted molar refractivity (Wildman–Crippen MR) is 200 cm³/mol. The van der Waals surface area contributed by atoms with Gasteiger partial charge in [0.1, 0.15) is 12.1 Å². The fourth-order valence-electron chi connectivity index (χ4n) is 6.41. The molecule has 5 rings (SSSR count). The Bertz CT molecular complexity index is 1610. The Hall–Kier alpha value is -4.27. The Labute approximate surface area is 316 Å². The standard InChI is InChI=1S/C39H51ClN6O7/c1-39(2,3)34(44-37(49)42-20-9-18-40)35(48)45-46(23-27-13-15-28(16-14-27)30-12-7-8-19-41-30)24-32(47)31(22-26-10-5-4-6-11-26)43-38(50)53-33-25-52-36-29(33)17-21-51-36/h4-8,10-16,19,29,31-34,36,47H,9,17-18,20-25H2,1-3H3,(H,43,50)(H,45,48)(H2,42,44,49). The summed E-state index contributed by atoms with van der Waals surface area (Å²) in [5.74, 6) is -0.115. The molecule has 0 spiro atoms. The average Bonchev–Trinajstić information content (AvgIpc) is 3.76. The molecule has 3 heterocycles. The Kier molecular flexibility index (Phi) is 14.4. The Morgan fingerprint density at radius 2 is 1.75 bits per heavy atom. The summed E-state index contributed by atoms with van der Waals surface area (Å²) in [5.41, 5.74) is 5.78. The SMILES string of the molecule is CC(C)(C)C(NC(=O)NCCCCl)C(=O)NN(Cc1ccc(-c2ccccn2)cc1)CC(O)C(Cc1ccccc1)NC(=O)OC1COC2OCCC12. The van der Waals surface area contributed by atoms with E-state index in [4.69, 9.17) is 25.8 Å². The first-order valence-corrected chi connectivity index (χ1v) is 18.6. The molecule has 3 aromatic rings. The van der Waals surface area contributed by atoms with E-state index in [-0.39, 0.29) is 31.9 Å². The van der Waals surface area contributed by atoms with Gasteiger partial charge in [0.05, 0.1) is 37.0 Å². The van der Waals surface area contributed by atoms with E-state index in [0.717, 1.165) is 28.8 Å². The normalized spacial score (nSPS) is 19.8. The number of fused-ring (bicyclic) bond motifs is 1. The molecule has 0 bridgehead atoms. The van der Waals surface area contributed by atoms with Crippen LogP contribution >= 0.6 is 11.6 Å². The van der Waals surface area contributed by atoms with Crippen molar-refractivity contribution in [3.8, 4) is 11.3 Å². The topological polar surface area (TPSA) is 163 Å². The molecule has 0 saturated carbocycles. The molecular weight excluding hydrogens is 700 g/mol. The van der Waals surface area contributed by atoms with E-state index < -0.39 is 47.7 Å². The quantitative estimate of drug-likeness (QED) is 0.0813. The number of hydrogen-bond acceptors (Lipinski definition) is 9. The monoisotopic (exact) mass is 750 g/mol. The van der Waals surface area contributed by atoms with Gasteiger partial charge in [0.2, 0.25) is 0 Å². The van der Waals surface area contributed by atoms with Gasteiger partial charge in [0.25, 0.3) is 5.91 Å². The molecule has 14 heteroatoms. The molecule has 2 saturated heterocycles. The summed E-state index contributed by atoms with van der Waals surface area (Å²) < 4.78 is 17.0. The lowest BCUT2D eigenvalue weighted by atomic mass is 9.86. The highest BCUT2D eigenvalue weighted by Crippen LogP contribution is 2.33. The van der Waals surface area contributed by atoms with Crippen molar-refractivity contribution in [2.75, 3.05) is 32.2 Å². The van der Waals surface area contributed by atoms with Crippen LogP contribution in [0.15, 0.2) is 79.0 Å². The molecule has 13 nitrogen and oxygen atoms in total. The van der Waals surface area contributed by atoms with Gasteiger partial charge in [-0.15, -0.1) is 11.6 Å². The average molecular weight is 751 g/mol. The first-order chi connectivity index (χ1) is 25.5. The summed E-state index contributed by atoms with van der Waals surface area (Å²) in [6, 6.07) is 20.7. The zero-order valence-corrected chi connectivity index (χ0v) is 31.3. The van der Waals surface area contributed by atoms with Crippen molar-refractivity contribution in [3.05, 3.63) is 90.1 Å². The van der Waals surface area contributed by atoms with Crippen molar-refractivity contribution in [2.45, 2.75) is 77.2 Å². The van der Waals surface area contributed by atoms with Gasteiger partial charge in [-0.25, -0.2) is 14.6 Å². The van der Waals surface area contributed by atoms with Crippen LogP contribution in [0, 0.1) is 11.3 Å². The number of aromatic nitrogens is 1. The molecule has 2 aliphatic rings. The second-order valence-electron chi connectivity index (χ2n) is 14.5. The molecule has 286 valence electrons. The van der Waals surface area contributed by atoms with Gasteiger partial charge in [0, 0.05) is 37.3 Å². The second kappa shape index (κ2) is 19.2. The zero-order valence-electron chi connectivity index (χ0n) is 30.5. The summed E-state index contributed by atoms with van der Waals surface area (Å²) in [4.78, 5) is 44.5. The number of alkyl halides is 1. The van der Waals surface area contributed by atoms with Gasteiger partial charge in [-0.05, 0) is 47.9 Å². The Morgan fingerprint density at radius 1 is 1.00 bits per heavy atom. The van der Waals surface area contributed by atoms with Crippen LogP contribution in [-0.4, -0.2) is 95.9 Å². The number of nitrogens with zero attached hydrogens (tertiary/aromatic N) is 2. The van der Waals surface area contributed by atoms with Crippen molar-refractivity contribution < 1.29 is 33.7 Å². The molecule has 4 amide bonds. The maximum absolute atomic E-state index is 14.0. The predicted octanol–water partition coefficient (Wildman–Crippen LogP) is 4.38. The van der Waals surface area contributed by atoms with Gasteiger partial charge in [-0.3, -0.25) is 15.2 Å². The molecule has 0 aliphatic carbocycles. The molecule has 53 heavy (non-hydrogen) atoms. The van der Waals surface area contributed by atoms with Crippen LogP contribution in [0.5, 0.6) is 0 Å². The number of urea groups is 1. The number of amides is 4. The third kappa shape index (κ3) is 11.9. The minimum absolute atomic E-state index is 0.0419. The molecule has 0 radical (unpaired) electrons. The molecule has 6 unspecified atom stereocenters. The number of rotatable bonds is 16. The number of aliphatic hydroxyl groups is 1. The molecule has 6 atom stereocenters. The number of carbonyl (C=O) groups is 3. The number of halogens is 1. The summed E-state index contributed by atoms with van der Waals surface area (Å²) in [6.07, 6.45) is 0.659.